The van der Waals surface area contributed by atoms with Gasteiger partial charge in [0.2, 0.25) is 0 Å². The van der Waals surface area contributed by atoms with Crippen molar-refractivity contribution >= 4 is 16.5 Å². The molecular weight excluding hydrogens is 212 g/mol. The summed E-state index contributed by atoms with van der Waals surface area (Å²) < 4.78 is 1.91. The summed E-state index contributed by atoms with van der Waals surface area (Å²) >= 11 is 1.49. The molecule has 0 atom stereocenters. The summed E-state index contributed by atoms with van der Waals surface area (Å²) in [6.45, 7) is 0.694. The first kappa shape index (κ1) is 9.88. The molecule has 0 aliphatic rings. The number of hydrogen-bond acceptors (Lipinski definition) is 5. The summed E-state index contributed by atoms with van der Waals surface area (Å²) in [4.78, 5) is 16.0. The second-order valence-electron chi connectivity index (χ2n) is 2.98. The second kappa shape index (κ2) is 4.24. The molecule has 0 aromatic carbocycles. The topological polar surface area (TPSA) is 72.9 Å². The minimum Gasteiger partial charge on any atom is -0.349 e. The Kier molecular flexibility index (Phi) is 2.79. The summed E-state index contributed by atoms with van der Waals surface area (Å²) in [5, 5.41) is 0.686. The second-order valence-corrected chi connectivity index (χ2v) is 4.10. The summed E-state index contributed by atoms with van der Waals surface area (Å²) in [6.07, 6.45) is 5.26. The highest BCUT2D eigenvalue weighted by molar-refractivity contribution is 7.15. The van der Waals surface area contributed by atoms with Gasteiger partial charge in [-0.1, -0.05) is 11.3 Å². The third-order valence-corrected chi connectivity index (χ3v) is 2.79. The summed E-state index contributed by atoms with van der Waals surface area (Å²) in [5.41, 5.74) is 2.50. The van der Waals surface area contributed by atoms with Crippen LogP contribution in [0.4, 0.5) is 5.13 Å². The number of nitrogens with one attached hydrogen (secondary N) is 1. The Morgan fingerprint density at radius 3 is 2.80 bits per heavy atom. The molecule has 15 heavy (non-hydrogen) atoms. The van der Waals surface area contributed by atoms with Crippen molar-refractivity contribution in [2.24, 2.45) is 5.84 Å². The van der Waals surface area contributed by atoms with Crippen LogP contribution in [0.5, 0.6) is 0 Å². The van der Waals surface area contributed by atoms with E-state index in [4.69, 9.17) is 5.84 Å². The molecule has 0 amide bonds. The van der Waals surface area contributed by atoms with Crippen LogP contribution in [0.25, 0.3) is 0 Å². The fourth-order valence-corrected chi connectivity index (χ4v) is 1.91. The van der Waals surface area contributed by atoms with Crippen LogP contribution in [-0.4, -0.2) is 9.55 Å². The maximum atomic E-state index is 10.9. The van der Waals surface area contributed by atoms with Crippen molar-refractivity contribution in [3.63, 3.8) is 0 Å². The third kappa shape index (κ3) is 2.42. The molecule has 6 heteroatoms. The number of thiazole rings is 1. The monoisotopic (exact) mass is 222 g/mol. The Morgan fingerprint density at radius 1 is 1.47 bits per heavy atom. The lowest BCUT2D eigenvalue weighted by Crippen LogP contribution is -2.05. The van der Waals surface area contributed by atoms with Crippen molar-refractivity contribution in [1.82, 2.24) is 9.55 Å². The molecule has 0 spiro atoms. The number of hydrogen-bond donors (Lipinski definition) is 2. The van der Waals surface area contributed by atoms with Gasteiger partial charge < -0.3 is 4.57 Å². The SMILES string of the molecule is NNc1ncc(Cn2ccc(=O)cc2)s1. The Morgan fingerprint density at radius 2 is 2.20 bits per heavy atom. The van der Waals surface area contributed by atoms with Gasteiger partial charge in [0.05, 0.1) is 6.54 Å². The molecule has 0 aliphatic carbocycles. The quantitative estimate of drug-likeness (QED) is 0.590. The molecule has 0 bridgehead atoms. The molecule has 2 aromatic heterocycles. The molecule has 3 N–H and O–H groups in total. The van der Waals surface area contributed by atoms with E-state index in [0.717, 1.165) is 4.88 Å². The van der Waals surface area contributed by atoms with E-state index < -0.39 is 0 Å². The van der Waals surface area contributed by atoms with Crippen LogP contribution in [-0.2, 0) is 6.54 Å². The Balaban J connectivity index is 2.14. The minimum atomic E-state index is 0.0138. The van der Waals surface area contributed by atoms with E-state index >= 15 is 0 Å². The average molecular weight is 222 g/mol. The smallest absolute Gasteiger partial charge is 0.197 e. The molecule has 0 aliphatic heterocycles. The highest BCUT2D eigenvalue weighted by atomic mass is 32.1. The van der Waals surface area contributed by atoms with Gasteiger partial charge in [-0.2, -0.15) is 0 Å². The van der Waals surface area contributed by atoms with Crippen LogP contribution >= 0.6 is 11.3 Å². The highest BCUT2D eigenvalue weighted by Crippen LogP contribution is 2.17. The van der Waals surface area contributed by atoms with E-state index in [1.54, 1.807) is 18.6 Å². The summed E-state index contributed by atoms with van der Waals surface area (Å²) in [6, 6.07) is 3.06. The summed E-state index contributed by atoms with van der Waals surface area (Å²) in [7, 11) is 0. The molecule has 0 saturated carbocycles. The number of nitrogen functional groups attached to an aromatic ring is 1. The van der Waals surface area contributed by atoms with Crippen molar-refractivity contribution in [2.75, 3.05) is 5.43 Å². The van der Waals surface area contributed by atoms with Crippen molar-refractivity contribution in [3.05, 3.63) is 45.8 Å². The molecular formula is C9H10N4OS. The van der Waals surface area contributed by atoms with Gasteiger partial charge in [-0.3, -0.25) is 10.2 Å². The molecule has 5 nitrogen and oxygen atoms in total. The number of nitrogens with zero attached hydrogens (tertiary/aromatic N) is 2. The van der Waals surface area contributed by atoms with Gasteiger partial charge in [-0.05, 0) is 0 Å². The average Bonchev–Trinajstić information content (AvgIpc) is 2.69. The van der Waals surface area contributed by atoms with Crippen LogP contribution in [0.1, 0.15) is 4.88 Å². The van der Waals surface area contributed by atoms with Gasteiger partial charge >= 0.3 is 0 Å². The van der Waals surface area contributed by atoms with E-state index in [1.165, 1.54) is 23.5 Å². The first-order chi connectivity index (χ1) is 7.28. The number of aromatic nitrogens is 2. The third-order valence-electron chi connectivity index (χ3n) is 1.88. The number of pyridine rings is 1. The van der Waals surface area contributed by atoms with Crippen molar-refractivity contribution in [2.45, 2.75) is 6.54 Å². The van der Waals surface area contributed by atoms with E-state index in [9.17, 15) is 4.79 Å². The maximum absolute atomic E-state index is 10.9. The van der Waals surface area contributed by atoms with Crippen LogP contribution in [0.3, 0.4) is 0 Å². The van der Waals surface area contributed by atoms with Crippen molar-refractivity contribution in [3.8, 4) is 0 Å². The molecule has 2 heterocycles. The Hall–Kier alpha value is -1.66. The van der Waals surface area contributed by atoms with Gasteiger partial charge in [0, 0.05) is 35.6 Å². The van der Waals surface area contributed by atoms with Crippen LogP contribution in [0, 0.1) is 0 Å². The first-order valence-corrected chi connectivity index (χ1v) is 5.17. The molecule has 0 radical (unpaired) electrons. The number of anilines is 1. The zero-order valence-electron chi connectivity index (χ0n) is 7.88. The Labute approximate surface area is 90.2 Å². The molecule has 2 aromatic rings. The Bertz CT molecular complexity index is 484. The molecule has 2 rings (SSSR count). The van der Waals surface area contributed by atoms with Crippen molar-refractivity contribution in [1.29, 1.82) is 0 Å². The van der Waals surface area contributed by atoms with E-state index in [-0.39, 0.29) is 5.43 Å². The lowest BCUT2D eigenvalue weighted by atomic mass is 10.4. The maximum Gasteiger partial charge on any atom is 0.197 e. The van der Waals surface area contributed by atoms with Crippen LogP contribution < -0.4 is 16.7 Å². The van der Waals surface area contributed by atoms with E-state index in [1.807, 2.05) is 4.57 Å². The van der Waals surface area contributed by atoms with Gasteiger partial charge in [0.15, 0.2) is 10.6 Å². The van der Waals surface area contributed by atoms with Gasteiger partial charge in [-0.15, -0.1) is 0 Å². The fourth-order valence-electron chi connectivity index (χ4n) is 1.18. The lowest BCUT2D eigenvalue weighted by Gasteiger charge is -2.01. The normalized spacial score (nSPS) is 10.2. The minimum absolute atomic E-state index is 0.0138. The van der Waals surface area contributed by atoms with Gasteiger partial charge in [-0.25, -0.2) is 10.8 Å². The molecule has 0 unspecified atom stereocenters. The highest BCUT2D eigenvalue weighted by Gasteiger charge is 2.00. The molecule has 0 fully saturated rings. The zero-order chi connectivity index (χ0) is 10.7. The summed E-state index contributed by atoms with van der Waals surface area (Å²) in [5.74, 6) is 5.23. The number of nitrogens with two attached hydrogens (primary N) is 1. The predicted molar refractivity (Wildman–Crippen MR) is 59.7 cm³/mol. The fraction of sp³-hybridized carbons (Fsp3) is 0.111. The van der Waals surface area contributed by atoms with Gasteiger partial charge in [0.1, 0.15) is 0 Å². The van der Waals surface area contributed by atoms with E-state index in [2.05, 4.69) is 10.4 Å². The zero-order valence-corrected chi connectivity index (χ0v) is 8.70. The molecule has 0 saturated heterocycles. The number of hydrazine groups is 1. The first-order valence-electron chi connectivity index (χ1n) is 4.35. The van der Waals surface area contributed by atoms with Gasteiger partial charge in [0.25, 0.3) is 0 Å². The van der Waals surface area contributed by atoms with Crippen LogP contribution in [0.2, 0.25) is 0 Å². The van der Waals surface area contributed by atoms with Crippen LogP contribution in [0.15, 0.2) is 35.5 Å². The lowest BCUT2D eigenvalue weighted by molar-refractivity contribution is 0.799. The largest absolute Gasteiger partial charge is 0.349 e. The predicted octanol–water partition coefficient (Wildman–Crippen LogP) is 0.639. The standard InChI is InChI=1S/C9H10N4OS/c10-12-9-11-5-8(15-9)6-13-3-1-7(14)2-4-13/h1-5H,6,10H2,(H,11,12). The van der Waals surface area contributed by atoms with E-state index in [0.29, 0.717) is 11.7 Å². The number of rotatable bonds is 3. The van der Waals surface area contributed by atoms with Crippen molar-refractivity contribution < 1.29 is 0 Å². The molecule has 78 valence electrons.